The molecule has 12 unspecified atom stereocenters. The Morgan fingerprint density at radius 2 is 0.965 bits per heavy atom. The second-order valence-electron chi connectivity index (χ2n) is 38.5. The van der Waals surface area contributed by atoms with Crippen molar-refractivity contribution in [2.75, 3.05) is 13.6 Å². The van der Waals surface area contributed by atoms with Crippen molar-refractivity contribution >= 4 is 93.4 Å². The summed E-state index contributed by atoms with van der Waals surface area (Å²) in [7, 11) is 1.80. The topological polar surface area (TPSA) is 684 Å². The van der Waals surface area contributed by atoms with Crippen molar-refractivity contribution in [2.45, 2.75) is 272 Å². The minimum atomic E-state index is -2.05. The maximum atomic E-state index is 13.7. The summed E-state index contributed by atoms with van der Waals surface area (Å²) in [5.41, 5.74) is -3.71. The lowest BCUT2D eigenvalue weighted by Crippen LogP contribution is -2.66. The van der Waals surface area contributed by atoms with Gasteiger partial charge in [0, 0.05) is 134 Å². The molecule has 143 heavy (non-hydrogen) atoms. The summed E-state index contributed by atoms with van der Waals surface area (Å²) >= 11 is 0. The molecule has 22 rings (SSSR count). The second-order valence-corrected chi connectivity index (χ2v) is 38.5. The van der Waals surface area contributed by atoms with Crippen LogP contribution in [0.2, 0.25) is 0 Å². The van der Waals surface area contributed by atoms with Gasteiger partial charge in [-0.05, 0) is 111 Å². The summed E-state index contributed by atoms with van der Waals surface area (Å²) in [5, 5.41) is 171. The molecule has 17 N–H and O–H groups in total. The Labute approximate surface area is 809 Å². The monoisotopic (exact) mass is 1980 g/mol. The highest BCUT2D eigenvalue weighted by molar-refractivity contribution is 6.53. The van der Waals surface area contributed by atoms with Crippen LogP contribution in [0.15, 0.2) is 81.0 Å². The molecule has 42 heteroatoms. The molecule has 0 saturated carbocycles. The maximum Gasteiger partial charge on any atom is 0.309 e. The van der Waals surface area contributed by atoms with Crippen molar-refractivity contribution in [2.24, 2.45) is 5.92 Å². The Bertz CT molecular complexity index is 6710. The van der Waals surface area contributed by atoms with Crippen molar-refractivity contribution in [1.82, 2.24) is 5.32 Å². The number of carboxylic acids is 3. The smallest absolute Gasteiger partial charge is 0.309 e. The Balaban J connectivity index is 0.000000128. The van der Waals surface area contributed by atoms with Crippen LogP contribution in [0, 0.1) is 5.92 Å². The van der Waals surface area contributed by atoms with Gasteiger partial charge >= 0.3 is 29.8 Å². The van der Waals surface area contributed by atoms with Gasteiger partial charge in [-0.15, -0.1) is 0 Å². The number of ketones is 10. The van der Waals surface area contributed by atoms with E-state index in [-0.39, 0.29) is 163 Å². The van der Waals surface area contributed by atoms with Crippen molar-refractivity contribution in [3.8, 4) is 40.2 Å². The van der Waals surface area contributed by atoms with Gasteiger partial charge < -0.3 is 134 Å². The Hall–Kier alpha value is -13.3. The molecule has 42 nitrogen and oxygen atoms in total. The number of rotatable bonds is 12. The molecular formula is C101H99NO41. The van der Waals surface area contributed by atoms with E-state index in [0.717, 1.165) is 12.1 Å². The van der Waals surface area contributed by atoms with Crippen LogP contribution in [0.3, 0.4) is 0 Å². The number of carboxylic acid groups (broad SMARTS) is 3. The number of carbonyl (C=O) groups is 15. The van der Waals surface area contributed by atoms with Gasteiger partial charge in [-0.3, -0.25) is 71.9 Å². The third kappa shape index (κ3) is 16.2. The number of esters is 2. The van der Waals surface area contributed by atoms with Crippen molar-refractivity contribution in [3.05, 3.63) is 181 Å². The molecular weight excluding hydrogens is 1880 g/mol. The average Bonchev–Trinajstić information content (AvgIpc) is 1.22. The molecule has 11 heterocycles. The standard InChI is InChI=1S/C33H28O14.C24H27NO8.C22H22O10.C22H22O9/c1-10-22-16(6-14(46-10)8-20(36)37)30(42)24-18(34)4-12(28(40)26(24)32(22)44)3-13-5-19(35)25-27(29(13)41)33(45)23-11(2)47-15(9-21(38)39)7-17(23)31(25)43;1-9-17-19(24-15(31-9)7-16(26)33-24)22(29)13-5-4-12(21(28)18(13)23(17)30)14-6-11(8-25-3)20(27)10(2)32-14;1-6-14-9(22-12(30-6)5-13(24)32-22)3-8-15(19(14)27)20(28)21(29)16(18(8)26)11-4-10(23)17(25)7(2)31-11;1-7-15-9(3-10(30-7)5-14(24)25)4-11-16(20(15)27)21(28)18-17(19(11)26)12-6-13(23)22(18,29)8(2)31-12/h4-5,10-11,14-15,34,40,43,45H,3,6-9H2,1-2H3,(H,36,37)(H,38,39);4-5,9-11,14-15,20,24-25,27-28H,6-8H2,1-3H3;3,6-7,10-12,17,22-23,25-27H,4-5H2,1-2H3;4,7-8,10,12-13,23,27,29H,3,5-6H2,1-2H3,(H,24,25)/t10-,11-,14+,15+;9-,10-,11+,14?,15-,20-,24+;;7-,8?,10+,12?,13?,22?/m11.0/s1. The normalized spacial score (nSPS) is 32.0. The van der Waals surface area contributed by atoms with Gasteiger partial charge in [0.1, 0.15) is 69.9 Å². The first-order chi connectivity index (χ1) is 67.5. The number of allylic oxidation sites excluding steroid dienone is 2. The number of aromatic hydroxyl groups is 7. The second kappa shape index (κ2) is 36.8. The molecule has 5 saturated heterocycles. The van der Waals surface area contributed by atoms with E-state index in [1.54, 1.807) is 40.8 Å². The lowest BCUT2D eigenvalue weighted by molar-refractivity contribution is -0.207. The molecule has 754 valence electrons. The number of phenolic OH excluding ortho intramolecular Hbond substituents is 7. The first kappa shape index (κ1) is 99.8. The number of benzene rings is 5. The quantitative estimate of drug-likeness (QED) is 0.0406. The number of aliphatic hydroxyl groups excluding tert-OH is 5. The van der Waals surface area contributed by atoms with Crippen LogP contribution in [-0.4, -0.2) is 292 Å². The van der Waals surface area contributed by atoms with E-state index in [9.17, 15) is 143 Å². The van der Waals surface area contributed by atoms with Gasteiger partial charge in [-0.25, -0.2) is 0 Å². The number of aliphatic carboxylic acids is 3. The molecule has 0 aromatic heterocycles. The van der Waals surface area contributed by atoms with Crippen LogP contribution < -0.4 is 5.32 Å². The first-order valence-corrected chi connectivity index (χ1v) is 46.5. The molecule has 0 radical (unpaired) electrons. The fourth-order valence-electron chi connectivity index (χ4n) is 23.3. The van der Waals surface area contributed by atoms with Gasteiger partial charge in [-0.1, -0.05) is 6.07 Å². The molecule has 0 spiro atoms. The van der Waals surface area contributed by atoms with Gasteiger partial charge in [0.2, 0.25) is 11.6 Å². The number of Topliss-reactive ketones (excluding diaryl/α,β-unsaturated/α-hetero) is 9. The minimum absolute atomic E-state index is 0.00920. The van der Waals surface area contributed by atoms with E-state index in [2.05, 4.69) is 5.32 Å². The predicted octanol–water partition coefficient (Wildman–Crippen LogP) is 5.68. The number of nitrogens with one attached hydrogen (secondary N) is 1. The summed E-state index contributed by atoms with van der Waals surface area (Å²) in [6.07, 6.45) is -19.1. The zero-order chi connectivity index (χ0) is 103. The fourth-order valence-corrected chi connectivity index (χ4v) is 23.3. The summed E-state index contributed by atoms with van der Waals surface area (Å²) in [6, 6.07) is 7.02. The molecule has 5 aromatic rings. The van der Waals surface area contributed by atoms with E-state index in [1.165, 1.54) is 45.9 Å². The number of aliphatic hydroxyl groups is 6. The summed E-state index contributed by atoms with van der Waals surface area (Å²) in [4.78, 5) is 191. The summed E-state index contributed by atoms with van der Waals surface area (Å²) in [6.45, 7) is 13.2. The van der Waals surface area contributed by atoms with E-state index >= 15 is 0 Å². The maximum absolute atomic E-state index is 13.7. The zero-order valence-corrected chi connectivity index (χ0v) is 77.8. The Morgan fingerprint density at radius 3 is 1.61 bits per heavy atom. The van der Waals surface area contributed by atoms with Crippen molar-refractivity contribution in [3.63, 3.8) is 0 Å². The van der Waals surface area contributed by atoms with Crippen LogP contribution in [0.25, 0.3) is 5.76 Å². The van der Waals surface area contributed by atoms with Crippen molar-refractivity contribution in [1.29, 1.82) is 0 Å². The Morgan fingerprint density at radius 1 is 0.427 bits per heavy atom. The largest absolute Gasteiger partial charge is 0.507 e. The highest BCUT2D eigenvalue weighted by Gasteiger charge is 2.63. The van der Waals surface area contributed by atoms with Crippen molar-refractivity contribution < 1.29 is 201 Å². The number of hydrogen-bond donors (Lipinski definition) is 17. The number of ether oxygens (including phenoxy) is 10. The van der Waals surface area contributed by atoms with E-state index in [4.69, 9.17) is 57.6 Å². The number of carbonyl (C=O) groups excluding carboxylic acids is 12. The molecule has 5 aromatic carbocycles. The summed E-state index contributed by atoms with van der Waals surface area (Å²) in [5.74, 6) is -16.6. The third-order valence-electron chi connectivity index (χ3n) is 29.7. The number of hydrogen-bond acceptors (Lipinski definition) is 39. The lowest BCUT2D eigenvalue weighted by atomic mass is 9.63. The molecule has 5 fully saturated rings. The van der Waals surface area contributed by atoms with Crippen LogP contribution in [0.5, 0.6) is 40.2 Å². The Kier molecular flexibility index (Phi) is 25.7. The lowest BCUT2D eigenvalue weighted by Gasteiger charge is -2.52. The minimum Gasteiger partial charge on any atom is -0.507 e. The highest BCUT2D eigenvalue weighted by atomic mass is 16.6. The molecule has 2 bridgehead atoms. The molecule has 6 aliphatic carbocycles. The molecule has 17 aliphatic rings. The molecule has 0 amide bonds. The van der Waals surface area contributed by atoms with Gasteiger partial charge in [-0.2, -0.15) is 0 Å². The average molecular weight is 1980 g/mol. The SMILES string of the molecule is CC1OC2CC(=O)OC2c2cc3c(c(O)c21)C(=O)C(=O)C(C1CC(O)C(O)C(C)O1)=C3O.CC1OC2CC(O)C1(O)C1=C2C(=O)c2cc3c(c(O)c2C1=O)[C@H](C)O[C@@H](CC(=O)O)C3.CNC[C@@H]1CC(c2ccc3c(c2O)C(=O)C2=C(C3=O)[C@H]3OC(=O)C[C@H]3O[C@@H]2C)O[C@H](C)[C@H]1O.C[C@H]1O[C@H](CC(=O)O)CC2=C1C(=O)c1c(O)c(CC3=CC(=O)c4c(O)c5c(c(O)c4C3=O)[C@@H](C)O[C@H](CC(=O)O)C5)cc(O)c1C2=O. The van der Waals surface area contributed by atoms with Crippen LogP contribution >= 0.6 is 0 Å². The molecule has 24 atom stereocenters. The van der Waals surface area contributed by atoms with E-state index in [0.29, 0.717) is 35.2 Å². The van der Waals surface area contributed by atoms with Gasteiger partial charge in [0.25, 0.3) is 0 Å². The fraction of sp³-hybridized carbons (Fsp3) is 0.455. The number of phenols is 7. The zero-order valence-electron chi connectivity index (χ0n) is 77.8. The van der Waals surface area contributed by atoms with E-state index < -0.39 is 309 Å². The first-order valence-electron chi connectivity index (χ1n) is 46.5. The predicted molar refractivity (Wildman–Crippen MR) is 478 cm³/mol. The molecule has 11 aliphatic heterocycles. The van der Waals surface area contributed by atoms with Crippen LogP contribution in [0.1, 0.15) is 287 Å². The number of fused-ring (bicyclic) bond motifs is 14. The van der Waals surface area contributed by atoms with Gasteiger partial charge in [0.15, 0.2) is 58.5 Å². The van der Waals surface area contributed by atoms with Crippen LogP contribution in [-0.2, 0) is 95.4 Å². The van der Waals surface area contributed by atoms with Crippen LogP contribution in [0.4, 0.5) is 0 Å². The third-order valence-corrected chi connectivity index (χ3v) is 29.7. The summed E-state index contributed by atoms with van der Waals surface area (Å²) < 4.78 is 56.5. The van der Waals surface area contributed by atoms with E-state index in [1.807, 2.05) is 0 Å². The van der Waals surface area contributed by atoms with Gasteiger partial charge in [0.05, 0.1) is 186 Å². The highest BCUT2D eigenvalue weighted by Crippen LogP contribution is 2.57.